The number of benzene rings is 1. The molecule has 0 radical (unpaired) electrons. The molecule has 0 unspecified atom stereocenters. The second-order valence-electron chi connectivity index (χ2n) is 6.48. The number of amides is 1. The number of fused-ring (bicyclic) bond motifs is 1. The number of carbonyl (C=O) groups is 1. The van der Waals surface area contributed by atoms with Crippen molar-refractivity contribution in [3.63, 3.8) is 0 Å². The molecule has 0 aliphatic rings. The van der Waals surface area contributed by atoms with E-state index in [2.05, 4.69) is 20.6 Å². The van der Waals surface area contributed by atoms with Crippen LogP contribution in [0.5, 0.6) is 0 Å². The minimum absolute atomic E-state index is 0.279. The van der Waals surface area contributed by atoms with Gasteiger partial charge in [-0.3, -0.25) is 9.78 Å². The van der Waals surface area contributed by atoms with Gasteiger partial charge in [0.2, 0.25) is 0 Å². The molecule has 1 aromatic carbocycles. The minimum atomic E-state index is -0.484. The fourth-order valence-electron chi connectivity index (χ4n) is 2.45. The number of nitrogens with zero attached hydrogens (tertiary/aromatic N) is 4. The molecule has 3 N–H and O–H groups in total. The van der Waals surface area contributed by atoms with E-state index in [9.17, 15) is 4.79 Å². The van der Waals surface area contributed by atoms with Crippen LogP contribution in [0.15, 0.2) is 36.7 Å². The van der Waals surface area contributed by atoms with Crippen LogP contribution >= 0.6 is 0 Å². The maximum Gasteiger partial charge on any atom is 0.273 e. The molecule has 0 saturated heterocycles. The van der Waals surface area contributed by atoms with Gasteiger partial charge in [0, 0.05) is 35.2 Å². The summed E-state index contributed by atoms with van der Waals surface area (Å²) >= 11 is 0. The van der Waals surface area contributed by atoms with E-state index in [1.54, 1.807) is 17.1 Å². The third kappa shape index (κ3) is 3.11. The first kappa shape index (κ1) is 16.1. The summed E-state index contributed by atoms with van der Waals surface area (Å²) in [6, 6.07) is 7.77. The largest absolute Gasteiger partial charge is 0.349 e. The van der Waals surface area contributed by atoms with Crippen molar-refractivity contribution in [2.45, 2.75) is 26.3 Å². The molecular weight excluding hydrogens is 304 g/mol. The lowest BCUT2D eigenvalue weighted by Gasteiger charge is -2.18. The van der Waals surface area contributed by atoms with Gasteiger partial charge in [-0.05, 0) is 32.9 Å². The van der Waals surface area contributed by atoms with Crippen LogP contribution in [0.25, 0.3) is 16.5 Å². The Morgan fingerprint density at radius 2 is 2.12 bits per heavy atom. The molecule has 7 nitrogen and oxygen atoms in total. The topological polar surface area (TPSA) is 98.7 Å². The monoisotopic (exact) mass is 324 g/mol. The Bertz CT molecular complexity index is 888. The quantitative estimate of drug-likeness (QED) is 0.759. The number of carbonyl (C=O) groups excluding carboxylic acids is 1. The summed E-state index contributed by atoms with van der Waals surface area (Å²) in [5.74, 6) is -0.279. The van der Waals surface area contributed by atoms with Gasteiger partial charge in [0.1, 0.15) is 0 Å². The van der Waals surface area contributed by atoms with Gasteiger partial charge in [0.15, 0.2) is 5.69 Å². The highest BCUT2D eigenvalue weighted by molar-refractivity contribution is 5.94. The van der Waals surface area contributed by atoms with E-state index in [0.29, 0.717) is 17.9 Å². The van der Waals surface area contributed by atoms with Crippen molar-refractivity contribution in [1.82, 2.24) is 25.3 Å². The molecule has 3 rings (SSSR count). The fourth-order valence-corrected chi connectivity index (χ4v) is 2.45. The average Bonchev–Trinajstić information content (AvgIpc) is 2.93. The summed E-state index contributed by atoms with van der Waals surface area (Å²) in [7, 11) is 0. The number of hydrogen-bond acceptors (Lipinski definition) is 5. The minimum Gasteiger partial charge on any atom is -0.349 e. The van der Waals surface area contributed by atoms with E-state index in [1.165, 1.54) is 0 Å². The number of aromatic nitrogens is 4. The first-order valence-corrected chi connectivity index (χ1v) is 7.69. The van der Waals surface area contributed by atoms with Crippen LogP contribution in [0.1, 0.15) is 30.0 Å². The van der Waals surface area contributed by atoms with Crippen molar-refractivity contribution in [2.24, 2.45) is 5.73 Å². The summed E-state index contributed by atoms with van der Waals surface area (Å²) in [6.45, 7) is 5.88. The predicted octanol–water partition coefficient (Wildman–Crippen LogP) is 1.59. The molecule has 3 aromatic rings. The second-order valence-corrected chi connectivity index (χ2v) is 6.48. The van der Waals surface area contributed by atoms with Crippen LogP contribution in [-0.4, -0.2) is 38.0 Å². The summed E-state index contributed by atoms with van der Waals surface area (Å²) in [5.41, 5.74) is 7.24. The van der Waals surface area contributed by atoms with Crippen LogP contribution in [0.4, 0.5) is 0 Å². The standard InChI is InChI=1S/C17H20N6O/c1-11-15(16(24)20-10-17(2,3)18)21-22-23(11)14-6-4-5-12-9-19-8-7-13(12)14/h4-9H,10,18H2,1-3H3,(H,20,24). The number of pyridine rings is 1. The molecule has 2 aromatic heterocycles. The third-order valence-corrected chi connectivity index (χ3v) is 3.70. The highest BCUT2D eigenvalue weighted by atomic mass is 16.2. The van der Waals surface area contributed by atoms with Crippen molar-refractivity contribution in [1.29, 1.82) is 0 Å². The Kier molecular flexibility index (Phi) is 4.02. The van der Waals surface area contributed by atoms with Crippen molar-refractivity contribution in [3.8, 4) is 5.69 Å². The maximum atomic E-state index is 12.3. The van der Waals surface area contributed by atoms with Gasteiger partial charge in [0.05, 0.1) is 11.4 Å². The molecule has 0 fully saturated rings. The van der Waals surface area contributed by atoms with Crippen LogP contribution in [0.3, 0.4) is 0 Å². The molecule has 0 atom stereocenters. The van der Waals surface area contributed by atoms with Crippen molar-refractivity contribution in [2.75, 3.05) is 6.54 Å². The van der Waals surface area contributed by atoms with Crippen LogP contribution in [0, 0.1) is 6.92 Å². The summed E-state index contributed by atoms with van der Waals surface area (Å²) < 4.78 is 1.67. The molecular formula is C17H20N6O. The SMILES string of the molecule is Cc1c(C(=O)NCC(C)(C)N)nnn1-c1cccc2cnccc12. The average molecular weight is 324 g/mol. The van der Waals surface area contributed by atoms with E-state index in [1.807, 2.05) is 45.0 Å². The predicted molar refractivity (Wildman–Crippen MR) is 92.0 cm³/mol. The highest BCUT2D eigenvalue weighted by Gasteiger charge is 2.20. The number of hydrogen-bond donors (Lipinski definition) is 2. The Labute approximate surface area is 139 Å². The second kappa shape index (κ2) is 6.01. The normalized spacial score (nSPS) is 11.7. The van der Waals surface area contributed by atoms with E-state index in [-0.39, 0.29) is 5.91 Å². The van der Waals surface area contributed by atoms with Gasteiger partial charge < -0.3 is 11.1 Å². The molecule has 0 aliphatic heterocycles. The van der Waals surface area contributed by atoms with Gasteiger partial charge in [-0.2, -0.15) is 0 Å². The van der Waals surface area contributed by atoms with Gasteiger partial charge in [-0.1, -0.05) is 17.3 Å². The number of rotatable bonds is 4. The Morgan fingerprint density at radius 1 is 1.33 bits per heavy atom. The zero-order chi connectivity index (χ0) is 17.3. The van der Waals surface area contributed by atoms with Crippen LogP contribution < -0.4 is 11.1 Å². The molecule has 7 heteroatoms. The van der Waals surface area contributed by atoms with Gasteiger partial charge in [-0.25, -0.2) is 4.68 Å². The Hall–Kier alpha value is -2.80. The van der Waals surface area contributed by atoms with Crippen LogP contribution in [0.2, 0.25) is 0 Å². The summed E-state index contributed by atoms with van der Waals surface area (Å²) in [4.78, 5) is 16.5. The lowest BCUT2D eigenvalue weighted by atomic mass is 10.1. The van der Waals surface area contributed by atoms with Crippen molar-refractivity contribution < 1.29 is 4.79 Å². The van der Waals surface area contributed by atoms with E-state index in [0.717, 1.165) is 16.5 Å². The van der Waals surface area contributed by atoms with Crippen molar-refractivity contribution >= 4 is 16.7 Å². The zero-order valence-corrected chi connectivity index (χ0v) is 13.9. The molecule has 0 saturated carbocycles. The molecule has 2 heterocycles. The Balaban J connectivity index is 1.96. The lowest BCUT2D eigenvalue weighted by molar-refractivity contribution is 0.0940. The Morgan fingerprint density at radius 3 is 2.88 bits per heavy atom. The van der Waals surface area contributed by atoms with Gasteiger partial charge in [0.25, 0.3) is 5.91 Å². The molecule has 24 heavy (non-hydrogen) atoms. The fraction of sp³-hybridized carbons (Fsp3) is 0.294. The van der Waals surface area contributed by atoms with E-state index < -0.39 is 5.54 Å². The van der Waals surface area contributed by atoms with Gasteiger partial charge >= 0.3 is 0 Å². The molecule has 0 bridgehead atoms. The number of nitrogens with one attached hydrogen (secondary N) is 1. The summed E-state index contributed by atoms with van der Waals surface area (Å²) in [5, 5.41) is 13.0. The van der Waals surface area contributed by atoms with Crippen LogP contribution in [-0.2, 0) is 0 Å². The smallest absolute Gasteiger partial charge is 0.273 e. The first-order valence-electron chi connectivity index (χ1n) is 7.69. The number of nitrogens with two attached hydrogens (primary N) is 1. The molecule has 124 valence electrons. The van der Waals surface area contributed by atoms with E-state index >= 15 is 0 Å². The third-order valence-electron chi connectivity index (χ3n) is 3.70. The maximum absolute atomic E-state index is 12.3. The van der Waals surface area contributed by atoms with E-state index in [4.69, 9.17) is 5.73 Å². The lowest BCUT2D eigenvalue weighted by Crippen LogP contribution is -2.45. The zero-order valence-electron chi connectivity index (χ0n) is 13.9. The molecule has 0 aliphatic carbocycles. The molecule has 1 amide bonds. The van der Waals surface area contributed by atoms with Crippen molar-refractivity contribution in [3.05, 3.63) is 48.0 Å². The molecule has 0 spiro atoms. The van der Waals surface area contributed by atoms with Gasteiger partial charge in [-0.15, -0.1) is 5.10 Å². The summed E-state index contributed by atoms with van der Waals surface area (Å²) in [6.07, 6.45) is 3.52. The highest BCUT2D eigenvalue weighted by Crippen LogP contribution is 2.22. The first-order chi connectivity index (χ1) is 11.4.